The van der Waals surface area contributed by atoms with Crippen LogP contribution in [0.3, 0.4) is 0 Å². The zero-order valence-electron chi connectivity index (χ0n) is 11.0. The summed E-state index contributed by atoms with van der Waals surface area (Å²) in [4.78, 5) is 0. The second-order valence-corrected chi connectivity index (χ2v) is 5.62. The molecule has 0 heterocycles. The van der Waals surface area contributed by atoms with E-state index in [2.05, 4.69) is 13.8 Å². The molecule has 0 bridgehead atoms. The third-order valence-corrected chi connectivity index (χ3v) is 4.29. The summed E-state index contributed by atoms with van der Waals surface area (Å²) in [6.45, 7) is 4.65. The normalized spacial score (nSPS) is 20.4. The highest BCUT2D eigenvalue weighted by Crippen LogP contribution is 2.44. The first-order valence-electron chi connectivity index (χ1n) is 7.33. The first kappa shape index (κ1) is 13.1. The molecule has 0 radical (unpaired) electrons. The third kappa shape index (κ3) is 4.57. The second-order valence-electron chi connectivity index (χ2n) is 5.62. The van der Waals surface area contributed by atoms with E-state index in [0.29, 0.717) is 0 Å². The zero-order valence-corrected chi connectivity index (χ0v) is 11.0. The lowest BCUT2D eigenvalue weighted by Gasteiger charge is -2.38. The Balaban J connectivity index is 2.35. The van der Waals surface area contributed by atoms with Gasteiger partial charge in [0, 0.05) is 0 Å². The summed E-state index contributed by atoms with van der Waals surface area (Å²) in [5.41, 5.74) is 0.781. The van der Waals surface area contributed by atoms with Gasteiger partial charge >= 0.3 is 0 Å². The van der Waals surface area contributed by atoms with Crippen molar-refractivity contribution in [1.29, 1.82) is 0 Å². The van der Waals surface area contributed by atoms with Crippen molar-refractivity contribution in [3.63, 3.8) is 0 Å². The molecule has 0 aromatic rings. The molecule has 0 aliphatic heterocycles. The van der Waals surface area contributed by atoms with Crippen LogP contribution in [0.25, 0.3) is 0 Å². The minimum Gasteiger partial charge on any atom is -0.0654 e. The van der Waals surface area contributed by atoms with Crippen molar-refractivity contribution in [2.45, 2.75) is 90.9 Å². The fraction of sp³-hybridized carbons (Fsp3) is 1.00. The predicted molar refractivity (Wildman–Crippen MR) is 69.2 cm³/mol. The molecule has 0 heteroatoms. The van der Waals surface area contributed by atoms with Crippen LogP contribution in [-0.2, 0) is 0 Å². The number of hydrogen-bond donors (Lipinski definition) is 0. The Morgan fingerprint density at radius 2 is 1.33 bits per heavy atom. The summed E-state index contributed by atoms with van der Waals surface area (Å²) in [5.74, 6) is 0. The molecule has 1 aliphatic rings. The Kier molecular flexibility index (Phi) is 6.36. The van der Waals surface area contributed by atoms with E-state index < -0.39 is 0 Å². The highest BCUT2D eigenvalue weighted by atomic mass is 14.4. The van der Waals surface area contributed by atoms with Gasteiger partial charge in [-0.1, -0.05) is 65.2 Å². The molecule has 15 heavy (non-hydrogen) atoms. The van der Waals surface area contributed by atoms with Crippen molar-refractivity contribution in [3.8, 4) is 0 Å². The molecule has 0 atom stereocenters. The third-order valence-electron chi connectivity index (χ3n) is 4.29. The quantitative estimate of drug-likeness (QED) is 0.472. The van der Waals surface area contributed by atoms with E-state index in [-0.39, 0.29) is 0 Å². The summed E-state index contributed by atoms with van der Waals surface area (Å²) in [5, 5.41) is 0. The molecule has 90 valence electrons. The Labute approximate surface area is 96.8 Å². The molecule has 0 unspecified atom stereocenters. The Hall–Kier alpha value is 0. The lowest BCUT2D eigenvalue weighted by atomic mass is 9.68. The summed E-state index contributed by atoms with van der Waals surface area (Å²) in [6.07, 6.45) is 17.8. The van der Waals surface area contributed by atoms with Crippen LogP contribution in [0.4, 0.5) is 0 Å². The van der Waals surface area contributed by atoms with Crippen LogP contribution in [0, 0.1) is 5.41 Å². The first-order valence-corrected chi connectivity index (χ1v) is 7.33. The molecule has 0 N–H and O–H groups in total. The largest absolute Gasteiger partial charge is 0.0654 e. The van der Waals surface area contributed by atoms with Gasteiger partial charge in [0.25, 0.3) is 0 Å². The van der Waals surface area contributed by atoms with Gasteiger partial charge in [0.2, 0.25) is 0 Å². The van der Waals surface area contributed by atoms with E-state index in [1.165, 1.54) is 77.0 Å². The van der Waals surface area contributed by atoms with Gasteiger partial charge in [-0.2, -0.15) is 0 Å². The molecule has 0 nitrogen and oxygen atoms in total. The molecule has 1 fully saturated rings. The maximum atomic E-state index is 2.34. The molecule has 1 aliphatic carbocycles. The van der Waals surface area contributed by atoms with Gasteiger partial charge in [0.1, 0.15) is 0 Å². The minimum atomic E-state index is 0.781. The van der Waals surface area contributed by atoms with Crippen molar-refractivity contribution in [1.82, 2.24) is 0 Å². The van der Waals surface area contributed by atoms with Crippen LogP contribution in [0.1, 0.15) is 90.9 Å². The number of unbranched alkanes of at least 4 members (excludes halogenated alkanes) is 3. The first-order chi connectivity index (χ1) is 7.33. The van der Waals surface area contributed by atoms with Crippen LogP contribution < -0.4 is 0 Å². The fourth-order valence-corrected chi connectivity index (χ4v) is 3.23. The molecule has 0 aromatic heterocycles. The maximum Gasteiger partial charge on any atom is -0.0297 e. The van der Waals surface area contributed by atoms with Gasteiger partial charge in [0.15, 0.2) is 0 Å². The van der Waals surface area contributed by atoms with E-state index in [1.54, 1.807) is 0 Å². The van der Waals surface area contributed by atoms with Crippen molar-refractivity contribution in [3.05, 3.63) is 0 Å². The van der Waals surface area contributed by atoms with Gasteiger partial charge < -0.3 is 0 Å². The van der Waals surface area contributed by atoms with Crippen molar-refractivity contribution < 1.29 is 0 Å². The lowest BCUT2D eigenvalue weighted by molar-refractivity contribution is 0.148. The predicted octanol–water partition coefficient (Wildman–Crippen LogP) is 5.71. The highest BCUT2D eigenvalue weighted by molar-refractivity contribution is 4.82. The van der Waals surface area contributed by atoms with Crippen LogP contribution >= 0.6 is 0 Å². The monoisotopic (exact) mass is 210 g/mol. The average molecular weight is 210 g/mol. The molecular weight excluding hydrogens is 180 g/mol. The molecule has 1 rings (SSSR count). The molecule has 0 saturated heterocycles. The Morgan fingerprint density at radius 1 is 0.733 bits per heavy atom. The van der Waals surface area contributed by atoms with Crippen LogP contribution in [0.2, 0.25) is 0 Å². The van der Waals surface area contributed by atoms with Crippen LogP contribution in [0.15, 0.2) is 0 Å². The lowest BCUT2D eigenvalue weighted by Crippen LogP contribution is -2.24. The summed E-state index contributed by atoms with van der Waals surface area (Å²) in [6, 6.07) is 0. The van der Waals surface area contributed by atoms with Gasteiger partial charge in [-0.15, -0.1) is 0 Å². The second kappa shape index (κ2) is 7.30. The standard InChI is InChI=1S/C15H30/c1-3-5-8-12-15(11-6-4-2)13-9-7-10-14-15/h3-14H2,1-2H3. The zero-order chi connectivity index (χ0) is 11.0. The molecular formula is C15H30. The fourth-order valence-electron chi connectivity index (χ4n) is 3.23. The van der Waals surface area contributed by atoms with Crippen LogP contribution in [-0.4, -0.2) is 0 Å². The van der Waals surface area contributed by atoms with Gasteiger partial charge in [-0.3, -0.25) is 0 Å². The minimum absolute atomic E-state index is 0.781. The van der Waals surface area contributed by atoms with E-state index in [0.717, 1.165) is 5.41 Å². The van der Waals surface area contributed by atoms with E-state index in [9.17, 15) is 0 Å². The van der Waals surface area contributed by atoms with Gasteiger partial charge in [0.05, 0.1) is 0 Å². The SMILES string of the molecule is CCCCCC1(CCCC)CCCCC1. The Bertz CT molecular complexity index is 142. The van der Waals surface area contributed by atoms with Crippen molar-refractivity contribution in [2.75, 3.05) is 0 Å². The number of rotatable bonds is 7. The van der Waals surface area contributed by atoms with Crippen molar-refractivity contribution in [2.24, 2.45) is 5.41 Å². The van der Waals surface area contributed by atoms with Gasteiger partial charge in [-0.05, 0) is 31.1 Å². The Morgan fingerprint density at radius 3 is 1.93 bits per heavy atom. The average Bonchev–Trinajstić information content (AvgIpc) is 2.28. The molecule has 1 saturated carbocycles. The summed E-state index contributed by atoms with van der Waals surface area (Å²) in [7, 11) is 0. The van der Waals surface area contributed by atoms with Crippen LogP contribution in [0.5, 0.6) is 0 Å². The highest BCUT2D eigenvalue weighted by Gasteiger charge is 2.30. The molecule has 0 amide bonds. The molecule has 0 spiro atoms. The van der Waals surface area contributed by atoms with E-state index in [1.807, 2.05) is 0 Å². The van der Waals surface area contributed by atoms with E-state index in [4.69, 9.17) is 0 Å². The van der Waals surface area contributed by atoms with E-state index >= 15 is 0 Å². The van der Waals surface area contributed by atoms with Crippen molar-refractivity contribution >= 4 is 0 Å². The summed E-state index contributed by atoms with van der Waals surface area (Å²) < 4.78 is 0. The molecule has 0 aromatic carbocycles. The van der Waals surface area contributed by atoms with Gasteiger partial charge in [-0.25, -0.2) is 0 Å². The summed E-state index contributed by atoms with van der Waals surface area (Å²) >= 11 is 0. The number of hydrogen-bond acceptors (Lipinski definition) is 0. The smallest absolute Gasteiger partial charge is 0.0297 e. The maximum absolute atomic E-state index is 2.34. The topological polar surface area (TPSA) is 0 Å².